The zero-order chi connectivity index (χ0) is 17.3. The maximum Gasteiger partial charge on any atom is 0.347 e. The number of nitriles is 1. The van der Waals surface area contributed by atoms with E-state index in [1.807, 2.05) is 0 Å². The van der Waals surface area contributed by atoms with Gasteiger partial charge in [0, 0.05) is 24.1 Å². The average molecular weight is 328 g/mol. The van der Waals surface area contributed by atoms with Crippen LogP contribution in [0, 0.1) is 23.2 Å². The molecule has 0 aromatic carbocycles. The van der Waals surface area contributed by atoms with Crippen molar-refractivity contribution in [2.45, 2.75) is 51.9 Å². The van der Waals surface area contributed by atoms with E-state index in [2.05, 4.69) is 42.4 Å². The minimum absolute atomic E-state index is 0.161. The van der Waals surface area contributed by atoms with Gasteiger partial charge in [-0.15, -0.1) is 5.10 Å². The molecule has 128 valence electrons. The Bertz CT molecular complexity index is 814. The Labute approximate surface area is 141 Å². The zero-order valence-electron chi connectivity index (χ0n) is 14.5. The maximum atomic E-state index is 11.9. The lowest BCUT2D eigenvalue weighted by Crippen LogP contribution is -2.23. The van der Waals surface area contributed by atoms with Crippen molar-refractivity contribution >= 4 is 11.5 Å². The topological polar surface area (TPSA) is 98.9 Å². The Morgan fingerprint density at radius 3 is 2.71 bits per heavy atom. The van der Waals surface area contributed by atoms with Gasteiger partial charge in [-0.05, 0) is 31.6 Å². The summed E-state index contributed by atoms with van der Waals surface area (Å²) in [7, 11) is 0. The Kier molecular flexibility index (Phi) is 4.31. The van der Waals surface area contributed by atoms with Gasteiger partial charge in [-0.25, -0.2) is 19.3 Å². The summed E-state index contributed by atoms with van der Waals surface area (Å²) in [6, 6.07) is 2.36. The third-order valence-electron chi connectivity index (χ3n) is 4.76. The molecule has 0 saturated heterocycles. The highest BCUT2D eigenvalue weighted by atomic mass is 16.1. The van der Waals surface area contributed by atoms with Crippen LogP contribution in [0.15, 0.2) is 11.0 Å². The van der Waals surface area contributed by atoms with Crippen LogP contribution >= 0.6 is 0 Å². The van der Waals surface area contributed by atoms with Crippen LogP contribution in [-0.4, -0.2) is 26.1 Å². The quantitative estimate of drug-likeness (QED) is 0.901. The fraction of sp³-hybridized carbons (Fsp3) is 0.647. The standard InChI is InChI=1S/C17H24N6O/c1-17(2,3)13-10-23-15(21-22-16(23)24)14(20-13)19-9-12-6-4-11(8-18)5-7-12/h10-12H,4-7,9H2,1-3H3,(H,19,20)(H,22,24). The van der Waals surface area contributed by atoms with Gasteiger partial charge in [0.25, 0.3) is 0 Å². The average Bonchev–Trinajstić information content (AvgIpc) is 2.94. The van der Waals surface area contributed by atoms with Gasteiger partial charge in [-0.2, -0.15) is 5.26 Å². The molecule has 2 heterocycles. The van der Waals surface area contributed by atoms with Crippen molar-refractivity contribution in [2.24, 2.45) is 11.8 Å². The molecule has 0 aliphatic heterocycles. The van der Waals surface area contributed by atoms with E-state index in [1.165, 1.54) is 4.40 Å². The van der Waals surface area contributed by atoms with E-state index in [4.69, 9.17) is 10.2 Å². The van der Waals surface area contributed by atoms with Gasteiger partial charge in [0.05, 0.1) is 11.8 Å². The number of aromatic nitrogens is 4. The fourth-order valence-electron chi connectivity index (χ4n) is 3.13. The summed E-state index contributed by atoms with van der Waals surface area (Å²) in [4.78, 5) is 16.6. The number of anilines is 1. The molecule has 0 radical (unpaired) electrons. The van der Waals surface area contributed by atoms with E-state index in [9.17, 15) is 4.79 Å². The first kappa shape index (κ1) is 16.5. The molecular weight excluding hydrogens is 304 g/mol. The number of rotatable bonds is 3. The molecule has 3 rings (SSSR count). The first-order chi connectivity index (χ1) is 11.4. The number of fused-ring (bicyclic) bond motifs is 1. The molecule has 1 aliphatic rings. The number of nitrogens with one attached hydrogen (secondary N) is 2. The second kappa shape index (κ2) is 6.27. The minimum Gasteiger partial charge on any atom is -0.367 e. The number of aromatic amines is 1. The van der Waals surface area contributed by atoms with Crippen LogP contribution in [0.4, 0.5) is 5.82 Å². The van der Waals surface area contributed by atoms with Gasteiger partial charge in [0.2, 0.25) is 5.65 Å². The summed E-state index contributed by atoms with van der Waals surface area (Å²) in [6.07, 6.45) is 5.79. The summed E-state index contributed by atoms with van der Waals surface area (Å²) >= 11 is 0. The van der Waals surface area contributed by atoms with E-state index in [0.29, 0.717) is 17.4 Å². The van der Waals surface area contributed by atoms with Gasteiger partial charge in [-0.3, -0.25) is 0 Å². The van der Waals surface area contributed by atoms with Crippen LogP contribution in [-0.2, 0) is 5.41 Å². The molecule has 0 amide bonds. The van der Waals surface area contributed by atoms with Crippen LogP contribution in [0.3, 0.4) is 0 Å². The largest absolute Gasteiger partial charge is 0.367 e. The van der Waals surface area contributed by atoms with Gasteiger partial charge in [0.1, 0.15) is 0 Å². The normalized spacial score (nSPS) is 21.6. The highest BCUT2D eigenvalue weighted by Gasteiger charge is 2.23. The number of nitrogens with zero attached hydrogens (tertiary/aromatic N) is 4. The number of hydrogen-bond acceptors (Lipinski definition) is 5. The van der Waals surface area contributed by atoms with Gasteiger partial charge < -0.3 is 5.32 Å². The third kappa shape index (κ3) is 3.28. The van der Waals surface area contributed by atoms with Crippen molar-refractivity contribution in [1.29, 1.82) is 5.26 Å². The first-order valence-corrected chi connectivity index (χ1v) is 8.50. The summed E-state index contributed by atoms with van der Waals surface area (Å²) in [5.41, 5.74) is 0.954. The Morgan fingerprint density at radius 2 is 2.08 bits per heavy atom. The van der Waals surface area contributed by atoms with Crippen molar-refractivity contribution in [2.75, 3.05) is 11.9 Å². The summed E-state index contributed by atoms with van der Waals surface area (Å²) < 4.78 is 1.52. The second-order valence-electron chi connectivity index (χ2n) is 7.67. The summed E-state index contributed by atoms with van der Waals surface area (Å²) in [5, 5.41) is 18.9. The molecule has 1 saturated carbocycles. The molecular formula is C17H24N6O. The predicted octanol–water partition coefficient (Wildman–Crippen LogP) is 2.46. The van der Waals surface area contributed by atoms with E-state index < -0.39 is 0 Å². The van der Waals surface area contributed by atoms with Crippen molar-refractivity contribution in [3.63, 3.8) is 0 Å². The minimum atomic E-state index is -0.254. The molecule has 1 aliphatic carbocycles. The molecule has 0 bridgehead atoms. The van der Waals surface area contributed by atoms with Crippen LogP contribution in [0.1, 0.15) is 52.1 Å². The van der Waals surface area contributed by atoms with Gasteiger partial charge in [-0.1, -0.05) is 20.8 Å². The molecule has 24 heavy (non-hydrogen) atoms. The second-order valence-corrected chi connectivity index (χ2v) is 7.67. The van der Waals surface area contributed by atoms with E-state index in [1.54, 1.807) is 6.20 Å². The molecule has 0 spiro atoms. The molecule has 1 fully saturated rings. The van der Waals surface area contributed by atoms with Crippen LogP contribution in [0.2, 0.25) is 0 Å². The Balaban J connectivity index is 1.81. The van der Waals surface area contributed by atoms with Crippen LogP contribution in [0.25, 0.3) is 5.65 Å². The number of H-pyrrole nitrogens is 1. The third-order valence-corrected chi connectivity index (χ3v) is 4.76. The Morgan fingerprint density at radius 1 is 1.38 bits per heavy atom. The lowest BCUT2D eigenvalue weighted by molar-refractivity contribution is 0.327. The van der Waals surface area contributed by atoms with Crippen molar-refractivity contribution < 1.29 is 0 Å². The monoisotopic (exact) mass is 328 g/mol. The highest BCUT2D eigenvalue weighted by Crippen LogP contribution is 2.29. The zero-order valence-corrected chi connectivity index (χ0v) is 14.5. The lowest BCUT2D eigenvalue weighted by atomic mass is 9.83. The fourth-order valence-corrected chi connectivity index (χ4v) is 3.13. The molecule has 2 aromatic rings. The predicted molar refractivity (Wildman–Crippen MR) is 91.9 cm³/mol. The lowest BCUT2D eigenvalue weighted by Gasteiger charge is -2.25. The van der Waals surface area contributed by atoms with Crippen LogP contribution < -0.4 is 11.0 Å². The van der Waals surface area contributed by atoms with Crippen molar-refractivity contribution in [3.05, 3.63) is 22.4 Å². The molecule has 7 heteroatoms. The van der Waals surface area contributed by atoms with E-state index in [0.717, 1.165) is 37.9 Å². The molecule has 2 N–H and O–H groups in total. The molecule has 7 nitrogen and oxygen atoms in total. The van der Waals surface area contributed by atoms with Crippen molar-refractivity contribution in [1.82, 2.24) is 19.6 Å². The highest BCUT2D eigenvalue weighted by molar-refractivity contribution is 5.62. The van der Waals surface area contributed by atoms with E-state index >= 15 is 0 Å². The number of hydrogen-bond donors (Lipinski definition) is 2. The van der Waals surface area contributed by atoms with Crippen molar-refractivity contribution in [3.8, 4) is 6.07 Å². The summed E-state index contributed by atoms with van der Waals surface area (Å²) in [5.74, 6) is 1.38. The summed E-state index contributed by atoms with van der Waals surface area (Å²) in [6.45, 7) is 6.99. The molecule has 0 atom stereocenters. The van der Waals surface area contributed by atoms with Gasteiger partial charge >= 0.3 is 5.69 Å². The molecule has 0 unspecified atom stereocenters. The maximum absolute atomic E-state index is 11.9. The van der Waals surface area contributed by atoms with Gasteiger partial charge in [0.15, 0.2) is 5.82 Å². The Hall–Kier alpha value is -2.36. The van der Waals surface area contributed by atoms with Crippen LogP contribution in [0.5, 0.6) is 0 Å². The first-order valence-electron chi connectivity index (χ1n) is 8.50. The SMILES string of the molecule is CC(C)(C)c1cn2c(=O)[nH]nc2c(NCC2CCC(C#N)CC2)n1. The smallest absolute Gasteiger partial charge is 0.347 e. The molecule has 2 aromatic heterocycles. The van der Waals surface area contributed by atoms with E-state index in [-0.39, 0.29) is 17.0 Å².